The fraction of sp³-hybridized carbons (Fsp3) is 0.667. The highest BCUT2D eigenvalue weighted by Crippen LogP contribution is 2.09. The minimum absolute atomic E-state index is 0.405. The second-order valence-electron chi connectivity index (χ2n) is 3.71. The van der Waals surface area contributed by atoms with Gasteiger partial charge in [0.15, 0.2) is 5.82 Å². The quantitative estimate of drug-likeness (QED) is 0.670. The van der Waals surface area contributed by atoms with Gasteiger partial charge in [-0.15, -0.1) is 0 Å². The van der Waals surface area contributed by atoms with Crippen LogP contribution in [0, 0.1) is 0 Å². The normalized spacial score (nSPS) is 10.6. The molecule has 18 heavy (non-hydrogen) atoms. The maximum absolute atomic E-state index is 5.73. The number of thioether (sulfide) groups is 1. The predicted molar refractivity (Wildman–Crippen MR) is 77.9 cm³/mol. The van der Waals surface area contributed by atoms with Gasteiger partial charge in [-0.2, -0.15) is 11.8 Å². The first-order valence-electron chi connectivity index (χ1n) is 6.29. The molecule has 0 saturated carbocycles. The van der Waals surface area contributed by atoms with Crippen LogP contribution >= 0.6 is 11.8 Å². The van der Waals surface area contributed by atoms with Crippen LogP contribution in [0.1, 0.15) is 26.1 Å². The molecule has 102 valence electrons. The zero-order chi connectivity index (χ0) is 13.2. The number of ether oxygens (including phenoxy) is 1. The minimum atomic E-state index is 0.405. The lowest BCUT2D eigenvalue weighted by molar-refractivity contribution is 0.128. The molecule has 0 aliphatic rings. The van der Waals surface area contributed by atoms with E-state index in [2.05, 4.69) is 22.2 Å². The number of hydrogen-bond acceptors (Lipinski definition) is 6. The molecule has 0 aromatic carbocycles. The Balaban J connectivity index is 2.41. The Morgan fingerprint density at radius 3 is 2.94 bits per heavy atom. The molecule has 0 saturated heterocycles. The average Bonchev–Trinajstić information content (AvgIpc) is 2.35. The summed E-state index contributed by atoms with van der Waals surface area (Å²) >= 11 is 1.94. The van der Waals surface area contributed by atoms with Crippen LogP contribution in [0.15, 0.2) is 6.07 Å². The molecule has 1 rings (SSSR count). The summed E-state index contributed by atoms with van der Waals surface area (Å²) in [4.78, 5) is 8.48. The van der Waals surface area contributed by atoms with Crippen molar-refractivity contribution in [1.82, 2.24) is 9.97 Å². The van der Waals surface area contributed by atoms with Crippen LogP contribution in [0.3, 0.4) is 0 Å². The average molecular weight is 270 g/mol. The van der Waals surface area contributed by atoms with E-state index < -0.39 is 0 Å². The van der Waals surface area contributed by atoms with Gasteiger partial charge >= 0.3 is 0 Å². The number of rotatable bonds is 9. The van der Waals surface area contributed by atoms with E-state index in [0.717, 1.165) is 24.5 Å². The van der Waals surface area contributed by atoms with Gasteiger partial charge < -0.3 is 15.8 Å². The smallest absolute Gasteiger partial charge is 0.158 e. The third-order valence-electron chi connectivity index (χ3n) is 2.20. The van der Waals surface area contributed by atoms with Crippen LogP contribution in [0.25, 0.3) is 0 Å². The molecule has 0 aliphatic carbocycles. The Bertz CT molecular complexity index is 349. The molecular formula is C12H22N4OS. The number of anilines is 2. The maximum Gasteiger partial charge on any atom is 0.158 e. The van der Waals surface area contributed by atoms with Crippen LogP contribution in [0.4, 0.5) is 11.6 Å². The minimum Gasteiger partial charge on any atom is -0.384 e. The Morgan fingerprint density at radius 2 is 2.22 bits per heavy atom. The van der Waals surface area contributed by atoms with E-state index in [4.69, 9.17) is 10.5 Å². The van der Waals surface area contributed by atoms with Crippen molar-refractivity contribution < 1.29 is 4.74 Å². The third kappa shape index (κ3) is 6.07. The first-order valence-corrected chi connectivity index (χ1v) is 7.44. The van der Waals surface area contributed by atoms with Gasteiger partial charge in [0.25, 0.3) is 0 Å². The van der Waals surface area contributed by atoms with Crippen molar-refractivity contribution in [2.75, 3.05) is 35.7 Å². The summed E-state index contributed by atoms with van der Waals surface area (Å²) in [5.74, 6) is 4.21. The summed E-state index contributed by atoms with van der Waals surface area (Å²) < 4.78 is 5.28. The highest BCUT2D eigenvalue weighted by molar-refractivity contribution is 7.99. The molecule has 0 aliphatic heterocycles. The summed E-state index contributed by atoms with van der Waals surface area (Å²) in [7, 11) is 0. The molecule has 0 fully saturated rings. The highest BCUT2D eigenvalue weighted by Gasteiger charge is 2.02. The fourth-order valence-corrected chi connectivity index (χ4v) is 2.04. The molecule has 6 heteroatoms. The fourth-order valence-electron chi connectivity index (χ4n) is 1.40. The molecule has 0 atom stereocenters. The third-order valence-corrected chi connectivity index (χ3v) is 3.19. The van der Waals surface area contributed by atoms with E-state index in [1.54, 1.807) is 6.07 Å². The van der Waals surface area contributed by atoms with Gasteiger partial charge in [0.1, 0.15) is 18.2 Å². The van der Waals surface area contributed by atoms with E-state index >= 15 is 0 Å². The van der Waals surface area contributed by atoms with Crippen molar-refractivity contribution in [1.29, 1.82) is 0 Å². The largest absolute Gasteiger partial charge is 0.384 e. The Labute approximate surface area is 113 Å². The molecular weight excluding hydrogens is 248 g/mol. The second-order valence-corrected chi connectivity index (χ2v) is 5.10. The van der Waals surface area contributed by atoms with E-state index in [1.165, 1.54) is 5.75 Å². The van der Waals surface area contributed by atoms with Crippen LogP contribution < -0.4 is 11.1 Å². The molecule has 0 radical (unpaired) electrons. The lowest BCUT2D eigenvalue weighted by Gasteiger charge is -2.08. The number of nitrogens with one attached hydrogen (secondary N) is 1. The van der Waals surface area contributed by atoms with Crippen molar-refractivity contribution in [3.05, 3.63) is 11.9 Å². The van der Waals surface area contributed by atoms with E-state index in [1.807, 2.05) is 18.7 Å². The Hall–Kier alpha value is -1.01. The zero-order valence-corrected chi connectivity index (χ0v) is 11.9. The summed E-state index contributed by atoms with van der Waals surface area (Å²) in [5.41, 5.74) is 5.73. The second kappa shape index (κ2) is 8.99. The van der Waals surface area contributed by atoms with E-state index in [0.29, 0.717) is 24.9 Å². The van der Waals surface area contributed by atoms with Crippen LogP contribution in [0.2, 0.25) is 0 Å². The topological polar surface area (TPSA) is 73.1 Å². The standard InChI is InChI=1S/C12H22N4OS/c1-3-17-9-12-15-10(13)8-11(16-12)14-6-5-7-18-4-2/h8H,3-7,9H2,1-2H3,(H3,13,14,15,16). The first-order chi connectivity index (χ1) is 8.76. The van der Waals surface area contributed by atoms with Crippen molar-refractivity contribution in [2.24, 2.45) is 0 Å². The molecule has 0 spiro atoms. The van der Waals surface area contributed by atoms with Gasteiger partial charge in [-0.3, -0.25) is 0 Å². The van der Waals surface area contributed by atoms with Gasteiger partial charge in [0.2, 0.25) is 0 Å². The van der Waals surface area contributed by atoms with Gasteiger partial charge in [-0.1, -0.05) is 6.92 Å². The van der Waals surface area contributed by atoms with Gasteiger partial charge in [0.05, 0.1) is 0 Å². The van der Waals surface area contributed by atoms with Crippen molar-refractivity contribution >= 4 is 23.4 Å². The summed E-state index contributed by atoms with van der Waals surface area (Å²) in [6.45, 7) is 6.06. The molecule has 3 N–H and O–H groups in total. The molecule has 5 nitrogen and oxygen atoms in total. The first kappa shape index (κ1) is 15.0. The SMILES string of the molecule is CCOCc1nc(N)cc(NCCCSCC)n1. The van der Waals surface area contributed by atoms with Gasteiger partial charge in [-0.25, -0.2) is 9.97 Å². The Kier molecular flexibility index (Phi) is 7.52. The number of aromatic nitrogens is 2. The Morgan fingerprint density at radius 1 is 1.39 bits per heavy atom. The van der Waals surface area contributed by atoms with E-state index in [-0.39, 0.29) is 0 Å². The number of nitrogens with two attached hydrogens (primary N) is 1. The monoisotopic (exact) mass is 270 g/mol. The number of nitrogen functional groups attached to an aromatic ring is 1. The molecule has 1 heterocycles. The number of nitrogens with zero attached hydrogens (tertiary/aromatic N) is 2. The summed E-state index contributed by atoms with van der Waals surface area (Å²) in [5, 5.41) is 3.26. The predicted octanol–water partition coefficient (Wildman–Crippen LogP) is 2.15. The van der Waals surface area contributed by atoms with Gasteiger partial charge in [0, 0.05) is 19.2 Å². The highest BCUT2D eigenvalue weighted by atomic mass is 32.2. The van der Waals surface area contributed by atoms with Crippen LogP contribution in [-0.4, -0.2) is 34.6 Å². The number of hydrogen-bond donors (Lipinski definition) is 2. The molecule has 1 aromatic rings. The maximum atomic E-state index is 5.73. The molecule has 0 amide bonds. The lowest BCUT2D eigenvalue weighted by atomic mass is 10.4. The molecule has 1 aromatic heterocycles. The zero-order valence-electron chi connectivity index (χ0n) is 11.1. The summed E-state index contributed by atoms with van der Waals surface area (Å²) in [6, 6.07) is 1.75. The summed E-state index contributed by atoms with van der Waals surface area (Å²) in [6.07, 6.45) is 1.11. The molecule has 0 unspecified atom stereocenters. The van der Waals surface area contributed by atoms with Crippen molar-refractivity contribution in [3.8, 4) is 0 Å². The van der Waals surface area contributed by atoms with Gasteiger partial charge in [-0.05, 0) is 24.9 Å². The lowest BCUT2D eigenvalue weighted by Crippen LogP contribution is -2.09. The van der Waals surface area contributed by atoms with Crippen molar-refractivity contribution in [3.63, 3.8) is 0 Å². The van der Waals surface area contributed by atoms with E-state index in [9.17, 15) is 0 Å². The van der Waals surface area contributed by atoms with Crippen molar-refractivity contribution in [2.45, 2.75) is 26.9 Å². The van der Waals surface area contributed by atoms with Crippen LogP contribution in [-0.2, 0) is 11.3 Å². The van der Waals surface area contributed by atoms with Crippen LogP contribution in [0.5, 0.6) is 0 Å². The molecule has 0 bridgehead atoms.